The number of phenolic OH excluding ortho intramolecular Hbond substituents is 2. The third kappa shape index (κ3) is 14.0. The fourth-order valence-corrected chi connectivity index (χ4v) is 5.74. The fraction of sp³-hybridized carbons (Fsp3) is 0.719. The number of phenols is 2. The van der Waals surface area contributed by atoms with E-state index in [1.165, 1.54) is 12.1 Å². The summed E-state index contributed by atoms with van der Waals surface area (Å²) in [6.07, 6.45) is 1.40. The first-order valence-corrected chi connectivity index (χ1v) is 17.2. The lowest BCUT2D eigenvalue weighted by Crippen LogP contribution is -2.48. The Hall–Kier alpha value is -2.70. The molecule has 0 aliphatic rings. The van der Waals surface area contributed by atoms with Crippen molar-refractivity contribution < 1.29 is 57.1 Å². The SMILES string of the molecule is CCCOC(=O)C(C)(C)CC(C)(CC(C)(CC)C(=O)OCCOP(=O)(O)OCC[N+](C)(C)C)C(=O)NCCc1ccc(O)c(O)c1. The minimum atomic E-state index is -4.34. The molecule has 14 heteroatoms. The molecule has 0 bridgehead atoms. The van der Waals surface area contributed by atoms with E-state index in [0.29, 0.717) is 35.9 Å². The average molecular weight is 676 g/mol. The number of aromatic hydroxyl groups is 2. The van der Waals surface area contributed by atoms with Crippen LogP contribution in [0.2, 0.25) is 0 Å². The molecule has 0 saturated heterocycles. The summed E-state index contributed by atoms with van der Waals surface area (Å²) in [6, 6.07) is 4.41. The van der Waals surface area contributed by atoms with Crippen molar-refractivity contribution in [3.05, 3.63) is 23.8 Å². The molecule has 1 aromatic carbocycles. The van der Waals surface area contributed by atoms with Gasteiger partial charge < -0.3 is 34.4 Å². The van der Waals surface area contributed by atoms with Crippen molar-refractivity contribution in [2.45, 2.75) is 73.6 Å². The number of phosphoric ester groups is 1. The predicted molar refractivity (Wildman–Crippen MR) is 173 cm³/mol. The van der Waals surface area contributed by atoms with Crippen LogP contribution in [0.5, 0.6) is 11.5 Å². The Labute approximate surface area is 273 Å². The summed E-state index contributed by atoms with van der Waals surface area (Å²) in [5.74, 6) is -1.97. The molecule has 3 atom stereocenters. The largest absolute Gasteiger partial charge is 0.504 e. The number of ether oxygens (including phenoxy) is 2. The van der Waals surface area contributed by atoms with Crippen LogP contribution in [0.1, 0.15) is 72.8 Å². The molecule has 3 unspecified atom stereocenters. The van der Waals surface area contributed by atoms with E-state index >= 15 is 0 Å². The number of nitrogens with zero attached hydrogens (tertiary/aromatic N) is 1. The Balaban J connectivity index is 3.04. The summed E-state index contributed by atoms with van der Waals surface area (Å²) in [4.78, 5) is 50.1. The Morgan fingerprint density at radius 1 is 0.848 bits per heavy atom. The van der Waals surface area contributed by atoms with E-state index in [-0.39, 0.29) is 63.2 Å². The lowest BCUT2D eigenvalue weighted by molar-refractivity contribution is -0.870. The van der Waals surface area contributed by atoms with Crippen LogP contribution in [0.4, 0.5) is 0 Å². The number of amides is 1. The van der Waals surface area contributed by atoms with Gasteiger partial charge in [0.05, 0.1) is 45.2 Å². The number of carbonyl (C=O) groups excluding carboxylic acids is 3. The monoisotopic (exact) mass is 675 g/mol. The van der Waals surface area contributed by atoms with Gasteiger partial charge in [0.1, 0.15) is 19.8 Å². The summed E-state index contributed by atoms with van der Waals surface area (Å²) >= 11 is 0. The Morgan fingerprint density at radius 3 is 2.02 bits per heavy atom. The Bertz CT molecular complexity index is 1220. The first kappa shape index (κ1) is 41.3. The number of hydrogen-bond donors (Lipinski definition) is 4. The quantitative estimate of drug-likeness (QED) is 0.0480. The lowest BCUT2D eigenvalue weighted by Gasteiger charge is -2.40. The first-order chi connectivity index (χ1) is 21.1. The third-order valence-electron chi connectivity index (χ3n) is 7.75. The summed E-state index contributed by atoms with van der Waals surface area (Å²) < 4.78 is 33.5. The minimum absolute atomic E-state index is 0.00532. The van der Waals surface area contributed by atoms with Crippen LogP contribution in [0.3, 0.4) is 0 Å². The van der Waals surface area contributed by atoms with E-state index in [1.54, 1.807) is 40.7 Å². The third-order valence-corrected chi connectivity index (χ3v) is 8.77. The molecule has 0 radical (unpaired) electrons. The van der Waals surface area contributed by atoms with Crippen molar-refractivity contribution >= 4 is 25.7 Å². The predicted octanol–water partition coefficient (Wildman–Crippen LogP) is 4.32. The average Bonchev–Trinajstić information content (AvgIpc) is 2.94. The molecule has 46 heavy (non-hydrogen) atoms. The zero-order chi connectivity index (χ0) is 35.4. The Kier molecular flexibility index (Phi) is 15.7. The molecule has 0 saturated carbocycles. The van der Waals surface area contributed by atoms with Crippen LogP contribution < -0.4 is 5.32 Å². The van der Waals surface area contributed by atoms with Gasteiger partial charge in [-0.1, -0.05) is 26.8 Å². The number of likely N-dealkylation sites (N-methyl/N-ethyl adjacent to an activating group) is 1. The molecule has 4 N–H and O–H groups in total. The molecule has 0 aliphatic heterocycles. The van der Waals surface area contributed by atoms with Crippen molar-refractivity contribution in [1.82, 2.24) is 5.32 Å². The van der Waals surface area contributed by atoms with Crippen molar-refractivity contribution in [3.63, 3.8) is 0 Å². The van der Waals surface area contributed by atoms with Crippen LogP contribution in [0.15, 0.2) is 18.2 Å². The number of esters is 2. The second-order valence-electron chi connectivity index (χ2n) is 14.0. The normalized spacial score (nSPS) is 16.0. The maximum atomic E-state index is 13.8. The van der Waals surface area contributed by atoms with E-state index in [9.17, 15) is 34.1 Å². The molecule has 1 amide bonds. The van der Waals surface area contributed by atoms with Gasteiger partial charge in [-0.25, -0.2) is 4.57 Å². The number of benzene rings is 1. The maximum Gasteiger partial charge on any atom is 0.472 e. The zero-order valence-corrected chi connectivity index (χ0v) is 29.9. The van der Waals surface area contributed by atoms with E-state index in [1.807, 2.05) is 28.1 Å². The number of hydrogen-bond acceptors (Lipinski definition) is 10. The van der Waals surface area contributed by atoms with Crippen LogP contribution in [0, 0.1) is 16.2 Å². The van der Waals surface area contributed by atoms with Crippen LogP contribution in [-0.2, 0) is 43.9 Å². The molecule has 13 nitrogen and oxygen atoms in total. The second kappa shape index (κ2) is 17.5. The van der Waals surface area contributed by atoms with Gasteiger partial charge >= 0.3 is 19.8 Å². The molecule has 0 spiro atoms. The summed E-state index contributed by atoms with van der Waals surface area (Å²) in [6.45, 7) is 10.7. The molecule has 1 aromatic rings. The number of phosphoric acid groups is 1. The number of rotatable bonds is 21. The molecular weight excluding hydrogens is 619 g/mol. The van der Waals surface area contributed by atoms with Gasteiger partial charge in [0.15, 0.2) is 11.5 Å². The van der Waals surface area contributed by atoms with Crippen molar-refractivity contribution in [1.29, 1.82) is 0 Å². The first-order valence-electron chi connectivity index (χ1n) is 15.7. The molecular formula is C32H56N2O11P+. The number of quaternary nitrogens is 1. The standard InChI is InChI=1S/C32H55N2O11P/c1-10-17-42-28(38)30(3,4)22-32(6,27(37)33-15-14-24-12-13-25(35)26(36)21-24)23-31(5,11-2)29(39)43-19-20-45-46(40,41)44-18-16-34(7,8)9/h12-13,21H,10-11,14-20,22-23H2,1-9H3,(H3-,33,35,36,37,40,41)/p+1. The van der Waals surface area contributed by atoms with Crippen molar-refractivity contribution in [3.8, 4) is 11.5 Å². The molecule has 1 rings (SSSR count). The summed E-state index contributed by atoms with van der Waals surface area (Å²) in [5.41, 5.74) is -2.77. The van der Waals surface area contributed by atoms with Crippen molar-refractivity contribution in [2.75, 3.05) is 60.7 Å². The van der Waals surface area contributed by atoms with Crippen molar-refractivity contribution in [2.24, 2.45) is 16.2 Å². The highest BCUT2D eigenvalue weighted by Gasteiger charge is 2.49. The van der Waals surface area contributed by atoms with Gasteiger partial charge in [0.25, 0.3) is 0 Å². The highest BCUT2D eigenvalue weighted by Crippen LogP contribution is 2.46. The van der Waals surface area contributed by atoms with Gasteiger partial charge in [-0.05, 0) is 70.6 Å². The summed E-state index contributed by atoms with van der Waals surface area (Å²) in [7, 11) is 1.40. The van der Waals surface area contributed by atoms with Crippen LogP contribution in [-0.4, -0.2) is 98.1 Å². The zero-order valence-electron chi connectivity index (χ0n) is 29.0. The van der Waals surface area contributed by atoms with E-state index < -0.39 is 36.0 Å². The van der Waals surface area contributed by atoms with E-state index in [0.717, 1.165) is 0 Å². The maximum absolute atomic E-state index is 13.8. The lowest BCUT2D eigenvalue weighted by atomic mass is 9.64. The van der Waals surface area contributed by atoms with Gasteiger partial charge in [-0.3, -0.25) is 23.4 Å². The minimum Gasteiger partial charge on any atom is -0.504 e. The smallest absolute Gasteiger partial charge is 0.472 e. The highest BCUT2D eigenvalue weighted by molar-refractivity contribution is 7.47. The summed E-state index contributed by atoms with van der Waals surface area (Å²) in [5, 5.41) is 22.3. The van der Waals surface area contributed by atoms with Gasteiger partial charge in [-0.15, -0.1) is 0 Å². The fourth-order valence-electron chi connectivity index (χ4n) is 5.05. The Morgan fingerprint density at radius 2 is 1.46 bits per heavy atom. The van der Waals surface area contributed by atoms with E-state index in [2.05, 4.69) is 5.32 Å². The highest BCUT2D eigenvalue weighted by atomic mass is 31.2. The number of nitrogens with one attached hydrogen (secondary N) is 1. The second-order valence-corrected chi connectivity index (χ2v) is 15.4. The van der Waals surface area contributed by atoms with Gasteiger partial charge in [0.2, 0.25) is 5.91 Å². The molecule has 0 aliphatic carbocycles. The van der Waals surface area contributed by atoms with Gasteiger partial charge in [-0.2, -0.15) is 0 Å². The molecule has 0 fully saturated rings. The van der Waals surface area contributed by atoms with E-state index in [4.69, 9.17) is 18.5 Å². The number of carbonyl (C=O) groups is 3. The topological polar surface area (TPSA) is 178 Å². The van der Waals surface area contributed by atoms with Crippen LogP contribution >= 0.6 is 7.82 Å². The molecule has 0 heterocycles. The van der Waals surface area contributed by atoms with Crippen LogP contribution in [0.25, 0.3) is 0 Å². The van der Waals surface area contributed by atoms with Gasteiger partial charge in [0, 0.05) is 12.0 Å². The molecule has 264 valence electrons. The molecule has 0 aromatic heterocycles.